The van der Waals surface area contributed by atoms with Gasteiger partial charge in [0.2, 0.25) is 10.0 Å². The normalized spacial score (nSPS) is 17.1. The Hall–Kier alpha value is -1.21. The fraction of sp³-hybridized carbons (Fsp3) is 0.538. The van der Waals surface area contributed by atoms with E-state index in [1.807, 2.05) is 6.92 Å². The van der Waals surface area contributed by atoms with Crippen LogP contribution in [0.25, 0.3) is 0 Å². The Morgan fingerprint density at radius 1 is 1.40 bits per heavy atom. The molecular formula is C13H18F2N2O2S. The Morgan fingerprint density at radius 3 is 2.60 bits per heavy atom. The van der Waals surface area contributed by atoms with E-state index in [1.165, 1.54) is 0 Å². The van der Waals surface area contributed by atoms with Crippen molar-refractivity contribution < 1.29 is 17.2 Å². The summed E-state index contributed by atoms with van der Waals surface area (Å²) in [5.74, 6) is -2.13. The van der Waals surface area contributed by atoms with Crippen molar-refractivity contribution in [2.24, 2.45) is 5.92 Å². The average molecular weight is 304 g/mol. The minimum Gasteiger partial charge on any atom is -0.399 e. The van der Waals surface area contributed by atoms with Crippen LogP contribution in [0.5, 0.6) is 0 Å². The summed E-state index contributed by atoms with van der Waals surface area (Å²) >= 11 is 0. The van der Waals surface area contributed by atoms with E-state index in [4.69, 9.17) is 5.73 Å². The molecule has 0 aliphatic heterocycles. The highest BCUT2D eigenvalue weighted by Gasteiger charge is 2.29. The number of benzene rings is 1. The Labute approximate surface area is 117 Å². The van der Waals surface area contributed by atoms with Gasteiger partial charge in [0.25, 0.3) is 0 Å². The van der Waals surface area contributed by atoms with Crippen molar-refractivity contribution in [1.82, 2.24) is 4.72 Å². The maximum Gasteiger partial charge on any atom is 0.243 e. The number of rotatable bonds is 6. The van der Waals surface area contributed by atoms with E-state index >= 15 is 0 Å². The predicted molar refractivity (Wildman–Crippen MR) is 72.5 cm³/mol. The molecule has 0 saturated heterocycles. The summed E-state index contributed by atoms with van der Waals surface area (Å²) in [6.45, 7) is 1.85. The molecule has 0 heterocycles. The molecule has 1 aromatic carbocycles. The molecule has 3 N–H and O–H groups in total. The molecule has 0 radical (unpaired) electrons. The highest BCUT2D eigenvalue weighted by molar-refractivity contribution is 7.89. The van der Waals surface area contributed by atoms with Gasteiger partial charge in [0.1, 0.15) is 4.90 Å². The number of anilines is 1. The molecule has 1 aliphatic rings. The maximum absolute atomic E-state index is 13.7. The molecule has 4 nitrogen and oxygen atoms in total. The average Bonchev–Trinajstić information content (AvgIpc) is 3.16. The molecule has 1 fully saturated rings. The van der Waals surface area contributed by atoms with E-state index in [9.17, 15) is 17.2 Å². The second kappa shape index (κ2) is 5.65. The third-order valence-electron chi connectivity index (χ3n) is 3.44. The Morgan fingerprint density at radius 2 is 2.05 bits per heavy atom. The first kappa shape index (κ1) is 15.2. The van der Waals surface area contributed by atoms with Crippen molar-refractivity contribution >= 4 is 15.7 Å². The second-order valence-electron chi connectivity index (χ2n) is 5.22. The van der Waals surface area contributed by atoms with Crippen LogP contribution in [0, 0.1) is 17.6 Å². The van der Waals surface area contributed by atoms with E-state index in [0.717, 1.165) is 31.4 Å². The number of nitrogen functional groups attached to an aromatic ring is 1. The highest BCUT2D eigenvalue weighted by Crippen LogP contribution is 2.34. The van der Waals surface area contributed by atoms with E-state index < -0.39 is 26.6 Å². The molecular weight excluding hydrogens is 286 g/mol. The minimum atomic E-state index is -4.11. The Balaban J connectivity index is 2.24. The van der Waals surface area contributed by atoms with Crippen LogP contribution in [0.3, 0.4) is 0 Å². The molecule has 7 heteroatoms. The fourth-order valence-electron chi connectivity index (χ4n) is 2.12. The summed E-state index contributed by atoms with van der Waals surface area (Å²) < 4.78 is 53.7. The topological polar surface area (TPSA) is 72.2 Å². The Kier molecular flexibility index (Phi) is 4.29. The molecule has 0 amide bonds. The Bertz CT molecular complexity index is 601. The summed E-state index contributed by atoms with van der Waals surface area (Å²) in [5.41, 5.74) is 5.25. The zero-order chi connectivity index (χ0) is 14.9. The van der Waals surface area contributed by atoms with Gasteiger partial charge in [-0.15, -0.1) is 0 Å². The van der Waals surface area contributed by atoms with Gasteiger partial charge >= 0.3 is 0 Å². The summed E-state index contributed by atoms with van der Waals surface area (Å²) in [7, 11) is -4.11. The highest BCUT2D eigenvalue weighted by atomic mass is 32.2. The van der Waals surface area contributed by atoms with Crippen molar-refractivity contribution in [1.29, 1.82) is 0 Å². The summed E-state index contributed by atoms with van der Waals surface area (Å²) in [5, 5.41) is 0. The molecule has 1 aliphatic carbocycles. The van der Waals surface area contributed by atoms with Gasteiger partial charge < -0.3 is 5.73 Å². The summed E-state index contributed by atoms with van der Waals surface area (Å²) in [4.78, 5) is -0.732. The van der Waals surface area contributed by atoms with Crippen LogP contribution in [0.2, 0.25) is 0 Å². The standard InChI is InChI=1S/C13H18F2N2O2S/c1-2-10(5-8-3-4-8)17-20(18,19)12-7-9(16)6-11(14)13(12)15/h6-8,10,17H,2-5,16H2,1H3. The molecule has 2 rings (SSSR count). The molecule has 112 valence electrons. The molecule has 1 unspecified atom stereocenters. The number of nitrogens with two attached hydrogens (primary N) is 1. The van der Waals surface area contributed by atoms with E-state index in [-0.39, 0.29) is 11.7 Å². The van der Waals surface area contributed by atoms with E-state index in [0.29, 0.717) is 12.3 Å². The van der Waals surface area contributed by atoms with Gasteiger partial charge in [-0.25, -0.2) is 21.9 Å². The van der Waals surface area contributed by atoms with Crippen LogP contribution in [-0.2, 0) is 10.0 Å². The lowest BCUT2D eigenvalue weighted by Gasteiger charge is -2.17. The lowest BCUT2D eigenvalue weighted by molar-refractivity contribution is 0.472. The third kappa shape index (κ3) is 3.46. The van der Waals surface area contributed by atoms with Crippen LogP contribution >= 0.6 is 0 Å². The molecule has 0 bridgehead atoms. The zero-order valence-corrected chi connectivity index (χ0v) is 12.0. The monoisotopic (exact) mass is 304 g/mol. The van der Waals surface area contributed by atoms with Gasteiger partial charge in [0.05, 0.1) is 0 Å². The van der Waals surface area contributed by atoms with Crippen LogP contribution in [-0.4, -0.2) is 14.5 Å². The van der Waals surface area contributed by atoms with Gasteiger partial charge in [0.15, 0.2) is 11.6 Å². The van der Waals surface area contributed by atoms with E-state index in [1.54, 1.807) is 0 Å². The van der Waals surface area contributed by atoms with Crippen molar-refractivity contribution in [3.63, 3.8) is 0 Å². The zero-order valence-electron chi connectivity index (χ0n) is 11.2. The lowest BCUT2D eigenvalue weighted by Crippen LogP contribution is -2.35. The van der Waals surface area contributed by atoms with Crippen molar-refractivity contribution in [3.05, 3.63) is 23.8 Å². The molecule has 20 heavy (non-hydrogen) atoms. The molecule has 1 atom stereocenters. The minimum absolute atomic E-state index is 0.125. The van der Waals surface area contributed by atoms with Crippen LogP contribution < -0.4 is 10.5 Å². The van der Waals surface area contributed by atoms with Gasteiger partial charge in [0, 0.05) is 11.7 Å². The van der Waals surface area contributed by atoms with Crippen molar-refractivity contribution in [3.8, 4) is 0 Å². The third-order valence-corrected chi connectivity index (χ3v) is 4.96. The molecule has 1 aromatic rings. The smallest absolute Gasteiger partial charge is 0.243 e. The molecule has 0 aromatic heterocycles. The van der Waals surface area contributed by atoms with Gasteiger partial charge in [-0.2, -0.15) is 0 Å². The molecule has 0 spiro atoms. The van der Waals surface area contributed by atoms with Gasteiger partial charge in [-0.05, 0) is 30.9 Å². The first-order chi connectivity index (χ1) is 9.33. The maximum atomic E-state index is 13.7. The lowest BCUT2D eigenvalue weighted by atomic mass is 10.1. The number of hydrogen-bond acceptors (Lipinski definition) is 3. The van der Waals surface area contributed by atoms with Crippen LogP contribution in [0.4, 0.5) is 14.5 Å². The van der Waals surface area contributed by atoms with Gasteiger partial charge in [-0.1, -0.05) is 19.8 Å². The number of hydrogen-bond donors (Lipinski definition) is 2. The SMILES string of the molecule is CCC(CC1CC1)NS(=O)(=O)c1cc(N)cc(F)c1F. The quantitative estimate of drug-likeness (QED) is 0.793. The van der Waals surface area contributed by atoms with Gasteiger partial charge in [-0.3, -0.25) is 0 Å². The fourth-order valence-corrected chi connectivity index (χ4v) is 3.57. The predicted octanol–water partition coefficient (Wildman–Crippen LogP) is 2.40. The van der Waals surface area contributed by atoms with E-state index in [2.05, 4.69) is 4.72 Å². The van der Waals surface area contributed by atoms with Crippen LogP contribution in [0.15, 0.2) is 17.0 Å². The van der Waals surface area contributed by atoms with Crippen molar-refractivity contribution in [2.75, 3.05) is 5.73 Å². The number of nitrogens with one attached hydrogen (secondary N) is 1. The first-order valence-corrected chi connectivity index (χ1v) is 8.08. The first-order valence-electron chi connectivity index (χ1n) is 6.60. The number of sulfonamides is 1. The molecule has 1 saturated carbocycles. The number of halogens is 2. The van der Waals surface area contributed by atoms with Crippen LogP contribution in [0.1, 0.15) is 32.6 Å². The van der Waals surface area contributed by atoms with Crippen molar-refractivity contribution in [2.45, 2.75) is 43.5 Å². The summed E-state index contributed by atoms with van der Waals surface area (Å²) in [6.07, 6.45) is 3.52. The second-order valence-corrected chi connectivity index (χ2v) is 6.90. The largest absolute Gasteiger partial charge is 0.399 e. The summed E-state index contributed by atoms with van der Waals surface area (Å²) in [6, 6.07) is 1.43.